The number of anilines is 1. The summed E-state index contributed by atoms with van der Waals surface area (Å²) in [6.45, 7) is -0.361. The summed E-state index contributed by atoms with van der Waals surface area (Å²) in [5.41, 5.74) is 0. The van der Waals surface area contributed by atoms with Crippen molar-refractivity contribution in [2.45, 2.75) is 6.04 Å². The monoisotopic (exact) mass is 226 g/mol. The van der Waals surface area contributed by atoms with E-state index in [0.29, 0.717) is 11.6 Å². The number of carbonyl (C=O) groups is 1. The molecule has 1 atom stereocenters. The van der Waals surface area contributed by atoms with Crippen molar-refractivity contribution in [1.82, 2.24) is 4.98 Å². The molecule has 0 radical (unpaired) electrons. The van der Waals surface area contributed by atoms with Gasteiger partial charge in [-0.25, -0.2) is 9.78 Å². The summed E-state index contributed by atoms with van der Waals surface area (Å²) < 4.78 is 9.44. The Morgan fingerprint density at radius 3 is 2.75 bits per heavy atom. The molecule has 0 aliphatic rings. The second-order valence-electron chi connectivity index (χ2n) is 2.99. The van der Waals surface area contributed by atoms with Crippen molar-refractivity contribution < 1.29 is 19.4 Å². The molecule has 88 valence electrons. The third kappa shape index (κ3) is 3.09. The number of esters is 1. The van der Waals surface area contributed by atoms with Crippen LogP contribution in [-0.2, 0) is 9.53 Å². The van der Waals surface area contributed by atoms with E-state index in [1.807, 2.05) is 0 Å². The molecular weight excluding hydrogens is 212 g/mol. The van der Waals surface area contributed by atoms with E-state index in [1.54, 1.807) is 12.1 Å². The van der Waals surface area contributed by atoms with Gasteiger partial charge in [0.05, 0.1) is 27.0 Å². The van der Waals surface area contributed by atoms with E-state index >= 15 is 0 Å². The minimum absolute atomic E-state index is 0.361. The van der Waals surface area contributed by atoms with Gasteiger partial charge in [-0.3, -0.25) is 0 Å². The van der Waals surface area contributed by atoms with Crippen molar-refractivity contribution in [3.63, 3.8) is 0 Å². The molecule has 0 spiro atoms. The lowest BCUT2D eigenvalue weighted by Gasteiger charge is -2.14. The molecule has 6 heteroatoms. The van der Waals surface area contributed by atoms with Gasteiger partial charge in [0.15, 0.2) is 0 Å². The number of aliphatic hydroxyl groups excluding tert-OH is 1. The largest absolute Gasteiger partial charge is 0.495 e. The number of pyridine rings is 1. The van der Waals surface area contributed by atoms with Gasteiger partial charge in [0.25, 0.3) is 0 Å². The Kier molecular flexibility index (Phi) is 4.53. The SMILES string of the molecule is COC(=O)C(CO)Nc1ccc(OC)cn1. The quantitative estimate of drug-likeness (QED) is 0.690. The molecule has 0 aromatic carbocycles. The molecule has 1 aromatic heterocycles. The van der Waals surface area contributed by atoms with Crippen molar-refractivity contribution in [1.29, 1.82) is 0 Å². The van der Waals surface area contributed by atoms with Crippen LogP contribution in [0.2, 0.25) is 0 Å². The number of rotatable bonds is 5. The maximum atomic E-state index is 11.2. The highest BCUT2D eigenvalue weighted by atomic mass is 16.5. The average Bonchev–Trinajstić information content (AvgIpc) is 2.35. The molecule has 1 aromatic rings. The zero-order chi connectivity index (χ0) is 12.0. The number of hydrogen-bond acceptors (Lipinski definition) is 6. The number of hydrogen-bond donors (Lipinski definition) is 2. The van der Waals surface area contributed by atoms with Gasteiger partial charge in [0, 0.05) is 0 Å². The Morgan fingerprint density at radius 1 is 1.56 bits per heavy atom. The zero-order valence-corrected chi connectivity index (χ0v) is 9.14. The first-order chi connectivity index (χ1) is 7.71. The normalized spacial score (nSPS) is 11.7. The van der Waals surface area contributed by atoms with Gasteiger partial charge in [0.2, 0.25) is 0 Å². The number of nitrogens with one attached hydrogen (secondary N) is 1. The summed E-state index contributed by atoms with van der Waals surface area (Å²) in [6.07, 6.45) is 1.51. The molecule has 0 aliphatic carbocycles. The minimum Gasteiger partial charge on any atom is -0.495 e. The summed E-state index contributed by atoms with van der Waals surface area (Å²) >= 11 is 0. The van der Waals surface area contributed by atoms with Crippen molar-refractivity contribution in [2.75, 3.05) is 26.1 Å². The summed E-state index contributed by atoms with van der Waals surface area (Å²) in [7, 11) is 2.79. The molecule has 2 N–H and O–H groups in total. The van der Waals surface area contributed by atoms with Crippen LogP contribution in [0.1, 0.15) is 0 Å². The Morgan fingerprint density at radius 2 is 2.31 bits per heavy atom. The second-order valence-corrected chi connectivity index (χ2v) is 2.99. The smallest absolute Gasteiger partial charge is 0.330 e. The molecule has 0 aliphatic heterocycles. The molecule has 0 saturated carbocycles. The zero-order valence-electron chi connectivity index (χ0n) is 9.14. The summed E-state index contributed by atoms with van der Waals surface area (Å²) in [5, 5.41) is 11.7. The van der Waals surface area contributed by atoms with E-state index in [2.05, 4.69) is 15.0 Å². The molecule has 1 unspecified atom stereocenters. The van der Waals surface area contributed by atoms with Crippen molar-refractivity contribution in [3.05, 3.63) is 18.3 Å². The van der Waals surface area contributed by atoms with Crippen LogP contribution < -0.4 is 10.1 Å². The van der Waals surface area contributed by atoms with Crippen LogP contribution in [0.4, 0.5) is 5.82 Å². The van der Waals surface area contributed by atoms with E-state index < -0.39 is 12.0 Å². The number of aliphatic hydroxyl groups is 1. The minimum atomic E-state index is -0.814. The molecular formula is C10H14N2O4. The molecule has 1 rings (SSSR count). The number of aromatic nitrogens is 1. The van der Waals surface area contributed by atoms with E-state index in [1.165, 1.54) is 20.4 Å². The second kappa shape index (κ2) is 5.92. The maximum Gasteiger partial charge on any atom is 0.330 e. The predicted molar refractivity (Wildman–Crippen MR) is 57.3 cm³/mol. The maximum absolute atomic E-state index is 11.2. The number of carbonyl (C=O) groups excluding carboxylic acids is 1. The summed E-state index contributed by atoms with van der Waals surface area (Å²) in [4.78, 5) is 15.2. The van der Waals surface area contributed by atoms with Crippen LogP contribution in [0.5, 0.6) is 5.75 Å². The fraction of sp³-hybridized carbons (Fsp3) is 0.400. The van der Waals surface area contributed by atoms with Gasteiger partial charge >= 0.3 is 5.97 Å². The molecule has 16 heavy (non-hydrogen) atoms. The van der Waals surface area contributed by atoms with Crippen LogP contribution in [0.15, 0.2) is 18.3 Å². The highest BCUT2D eigenvalue weighted by Gasteiger charge is 2.17. The standard InChI is InChI=1S/C10H14N2O4/c1-15-7-3-4-9(11-5-7)12-8(6-13)10(14)16-2/h3-5,8,13H,6H2,1-2H3,(H,11,12). The van der Waals surface area contributed by atoms with E-state index in [0.717, 1.165) is 0 Å². The fourth-order valence-corrected chi connectivity index (χ4v) is 1.09. The Balaban J connectivity index is 2.66. The van der Waals surface area contributed by atoms with Gasteiger partial charge < -0.3 is 19.9 Å². The van der Waals surface area contributed by atoms with Gasteiger partial charge in [-0.2, -0.15) is 0 Å². The predicted octanol–water partition coefficient (Wildman–Crippen LogP) is 0.0360. The van der Waals surface area contributed by atoms with Gasteiger partial charge in [-0.05, 0) is 12.1 Å². The fourth-order valence-electron chi connectivity index (χ4n) is 1.09. The third-order valence-electron chi connectivity index (χ3n) is 1.96. The summed E-state index contributed by atoms with van der Waals surface area (Å²) in [6, 6.07) is 2.52. The van der Waals surface area contributed by atoms with Crippen molar-refractivity contribution in [3.8, 4) is 5.75 Å². The molecule has 0 fully saturated rings. The molecule has 1 heterocycles. The summed E-state index contributed by atoms with van der Waals surface area (Å²) in [5.74, 6) is 0.537. The highest BCUT2D eigenvalue weighted by molar-refractivity contribution is 5.78. The van der Waals surface area contributed by atoms with Gasteiger partial charge in [-0.15, -0.1) is 0 Å². The van der Waals surface area contributed by atoms with E-state index in [4.69, 9.17) is 9.84 Å². The van der Waals surface area contributed by atoms with Crippen LogP contribution in [0.3, 0.4) is 0 Å². The van der Waals surface area contributed by atoms with E-state index in [9.17, 15) is 4.79 Å². The first-order valence-corrected chi connectivity index (χ1v) is 4.66. The lowest BCUT2D eigenvalue weighted by Crippen LogP contribution is -2.34. The highest BCUT2D eigenvalue weighted by Crippen LogP contribution is 2.12. The lowest BCUT2D eigenvalue weighted by molar-refractivity contribution is -0.142. The third-order valence-corrected chi connectivity index (χ3v) is 1.96. The van der Waals surface area contributed by atoms with Crippen LogP contribution in [-0.4, -0.2) is 42.9 Å². The van der Waals surface area contributed by atoms with Gasteiger partial charge in [-0.1, -0.05) is 0 Å². The lowest BCUT2D eigenvalue weighted by atomic mass is 10.3. The number of methoxy groups -OCH3 is 2. The Labute approximate surface area is 93.2 Å². The number of ether oxygens (including phenoxy) is 2. The van der Waals surface area contributed by atoms with E-state index in [-0.39, 0.29) is 6.61 Å². The van der Waals surface area contributed by atoms with Gasteiger partial charge in [0.1, 0.15) is 17.6 Å². The molecule has 0 saturated heterocycles. The average molecular weight is 226 g/mol. The first-order valence-electron chi connectivity index (χ1n) is 4.66. The van der Waals surface area contributed by atoms with Crippen molar-refractivity contribution in [2.24, 2.45) is 0 Å². The van der Waals surface area contributed by atoms with Crippen LogP contribution >= 0.6 is 0 Å². The molecule has 0 bridgehead atoms. The van der Waals surface area contributed by atoms with Crippen LogP contribution in [0.25, 0.3) is 0 Å². The van der Waals surface area contributed by atoms with Crippen LogP contribution in [0, 0.1) is 0 Å². The number of nitrogens with zero attached hydrogens (tertiary/aromatic N) is 1. The Bertz CT molecular complexity index is 339. The Hall–Kier alpha value is -1.82. The first kappa shape index (κ1) is 12.3. The molecule has 6 nitrogen and oxygen atoms in total. The topological polar surface area (TPSA) is 80.7 Å². The van der Waals surface area contributed by atoms with Crippen molar-refractivity contribution >= 4 is 11.8 Å². The molecule has 0 amide bonds.